The second kappa shape index (κ2) is 5.01. The first-order valence-corrected chi connectivity index (χ1v) is 6.44. The Morgan fingerprint density at radius 3 is 2.62 bits per heavy atom. The zero-order valence-corrected chi connectivity index (χ0v) is 11.6. The van der Waals surface area contributed by atoms with E-state index in [-0.39, 0.29) is 11.6 Å². The summed E-state index contributed by atoms with van der Waals surface area (Å²) in [7, 11) is 0. The average molecular weight is 284 g/mol. The Labute approximate surface area is 120 Å². The molecular weight excluding hydrogens is 271 g/mol. The van der Waals surface area contributed by atoms with E-state index in [0.29, 0.717) is 17.3 Å². The van der Waals surface area contributed by atoms with Crippen molar-refractivity contribution in [3.05, 3.63) is 53.3 Å². The molecule has 0 bridgehead atoms. The molecule has 0 spiro atoms. The summed E-state index contributed by atoms with van der Waals surface area (Å²) in [5.41, 5.74) is 2.91. The van der Waals surface area contributed by atoms with E-state index in [1.54, 1.807) is 31.2 Å². The molecule has 1 heterocycles. The van der Waals surface area contributed by atoms with E-state index in [4.69, 9.17) is 4.52 Å². The molecule has 0 radical (unpaired) electrons. The second-order valence-corrected chi connectivity index (χ2v) is 4.94. The minimum Gasteiger partial charge on any atom is -0.508 e. The zero-order valence-electron chi connectivity index (χ0n) is 11.6. The van der Waals surface area contributed by atoms with Crippen LogP contribution in [-0.4, -0.2) is 15.2 Å². The number of aromatic hydroxyl groups is 1. The third-order valence-corrected chi connectivity index (χ3v) is 3.17. The van der Waals surface area contributed by atoms with Crippen molar-refractivity contribution in [1.82, 2.24) is 10.1 Å². The van der Waals surface area contributed by atoms with Crippen LogP contribution in [0.3, 0.4) is 0 Å². The van der Waals surface area contributed by atoms with Gasteiger partial charge in [-0.1, -0.05) is 5.16 Å². The number of halogens is 1. The van der Waals surface area contributed by atoms with Crippen LogP contribution in [0.1, 0.15) is 11.1 Å². The van der Waals surface area contributed by atoms with Crippen molar-refractivity contribution in [2.24, 2.45) is 0 Å². The quantitative estimate of drug-likeness (QED) is 0.776. The number of benzene rings is 2. The largest absolute Gasteiger partial charge is 0.508 e. The van der Waals surface area contributed by atoms with Crippen molar-refractivity contribution in [3.8, 4) is 28.6 Å². The van der Waals surface area contributed by atoms with Crippen molar-refractivity contribution in [2.75, 3.05) is 0 Å². The SMILES string of the molecule is Cc1cc(F)cc(-c2noc(-c3ccc(O)cc3C)n2)c1. The Morgan fingerprint density at radius 2 is 1.90 bits per heavy atom. The summed E-state index contributed by atoms with van der Waals surface area (Å²) in [6.07, 6.45) is 0. The Morgan fingerprint density at radius 1 is 1.10 bits per heavy atom. The topological polar surface area (TPSA) is 59.2 Å². The fraction of sp³-hybridized carbons (Fsp3) is 0.125. The van der Waals surface area contributed by atoms with Crippen LogP contribution in [0.4, 0.5) is 4.39 Å². The fourth-order valence-electron chi connectivity index (χ4n) is 2.20. The third-order valence-electron chi connectivity index (χ3n) is 3.17. The molecule has 1 aromatic heterocycles. The molecule has 0 amide bonds. The molecule has 0 aliphatic carbocycles. The third kappa shape index (κ3) is 2.63. The predicted octanol–water partition coefficient (Wildman–Crippen LogP) is 3.87. The molecule has 0 unspecified atom stereocenters. The lowest BCUT2D eigenvalue weighted by molar-refractivity contribution is 0.432. The molecule has 21 heavy (non-hydrogen) atoms. The highest BCUT2D eigenvalue weighted by Gasteiger charge is 2.13. The van der Waals surface area contributed by atoms with Gasteiger partial charge >= 0.3 is 0 Å². The summed E-state index contributed by atoms with van der Waals surface area (Å²) >= 11 is 0. The van der Waals surface area contributed by atoms with E-state index in [1.165, 1.54) is 12.1 Å². The first-order valence-electron chi connectivity index (χ1n) is 6.44. The molecule has 0 saturated heterocycles. The lowest BCUT2D eigenvalue weighted by Crippen LogP contribution is -1.86. The van der Waals surface area contributed by atoms with Gasteiger partial charge in [0.1, 0.15) is 11.6 Å². The summed E-state index contributed by atoms with van der Waals surface area (Å²) in [5.74, 6) is 0.512. The molecule has 3 aromatic rings. The van der Waals surface area contributed by atoms with Crippen molar-refractivity contribution in [3.63, 3.8) is 0 Å². The molecule has 0 aliphatic heterocycles. The Balaban J connectivity index is 2.03. The highest BCUT2D eigenvalue weighted by molar-refractivity contribution is 5.63. The Hall–Kier alpha value is -2.69. The molecular formula is C16H13FN2O2. The molecule has 2 aromatic carbocycles. The van der Waals surface area contributed by atoms with Crippen molar-refractivity contribution >= 4 is 0 Å². The number of phenolic OH excluding ortho intramolecular Hbond substituents is 1. The number of aromatic nitrogens is 2. The summed E-state index contributed by atoms with van der Waals surface area (Å²) in [6, 6.07) is 9.48. The summed E-state index contributed by atoms with van der Waals surface area (Å²) < 4.78 is 18.7. The molecule has 4 nitrogen and oxygen atoms in total. The van der Waals surface area contributed by atoms with Crippen LogP contribution in [0.5, 0.6) is 5.75 Å². The lowest BCUT2D eigenvalue weighted by Gasteiger charge is -2.00. The number of aryl methyl sites for hydroxylation is 2. The normalized spacial score (nSPS) is 10.8. The van der Waals surface area contributed by atoms with E-state index >= 15 is 0 Å². The molecule has 106 valence electrons. The Bertz CT molecular complexity index is 792. The monoisotopic (exact) mass is 284 g/mol. The molecule has 3 rings (SSSR count). The van der Waals surface area contributed by atoms with E-state index < -0.39 is 0 Å². The second-order valence-electron chi connectivity index (χ2n) is 4.94. The molecule has 0 atom stereocenters. The summed E-state index contributed by atoms with van der Waals surface area (Å²) in [4.78, 5) is 4.30. The van der Waals surface area contributed by atoms with Gasteiger partial charge in [-0.25, -0.2) is 4.39 Å². The van der Waals surface area contributed by atoms with Gasteiger partial charge in [0.15, 0.2) is 0 Å². The maximum atomic E-state index is 13.4. The van der Waals surface area contributed by atoms with Gasteiger partial charge in [0, 0.05) is 11.1 Å². The minimum absolute atomic E-state index is 0.178. The summed E-state index contributed by atoms with van der Waals surface area (Å²) in [5, 5.41) is 13.3. The maximum Gasteiger partial charge on any atom is 0.258 e. The van der Waals surface area contributed by atoms with Gasteiger partial charge in [-0.05, 0) is 61.4 Å². The highest BCUT2D eigenvalue weighted by atomic mass is 19.1. The first-order chi connectivity index (χ1) is 10.0. The van der Waals surface area contributed by atoms with Crippen molar-refractivity contribution in [1.29, 1.82) is 0 Å². The smallest absolute Gasteiger partial charge is 0.258 e. The summed E-state index contributed by atoms with van der Waals surface area (Å²) in [6.45, 7) is 3.64. The van der Waals surface area contributed by atoms with Crippen LogP contribution in [0, 0.1) is 19.7 Å². The number of hydrogen-bond donors (Lipinski definition) is 1. The van der Waals surface area contributed by atoms with Crippen LogP contribution in [0.25, 0.3) is 22.8 Å². The molecule has 5 heteroatoms. The van der Waals surface area contributed by atoms with Crippen molar-refractivity contribution in [2.45, 2.75) is 13.8 Å². The molecule has 1 N–H and O–H groups in total. The lowest BCUT2D eigenvalue weighted by atomic mass is 10.1. The number of hydrogen-bond acceptors (Lipinski definition) is 4. The zero-order chi connectivity index (χ0) is 15.0. The van der Waals surface area contributed by atoms with Crippen molar-refractivity contribution < 1.29 is 14.0 Å². The van der Waals surface area contributed by atoms with E-state index in [0.717, 1.165) is 16.7 Å². The van der Waals surface area contributed by atoms with Gasteiger partial charge in [0.2, 0.25) is 5.82 Å². The number of nitrogens with zero attached hydrogens (tertiary/aromatic N) is 2. The first kappa shape index (κ1) is 13.3. The van der Waals surface area contributed by atoms with Gasteiger partial charge in [-0.3, -0.25) is 0 Å². The van der Waals surface area contributed by atoms with Crippen LogP contribution in [0.15, 0.2) is 40.9 Å². The van der Waals surface area contributed by atoms with Gasteiger partial charge in [-0.15, -0.1) is 0 Å². The van der Waals surface area contributed by atoms with E-state index in [2.05, 4.69) is 10.1 Å². The molecule has 0 fully saturated rings. The predicted molar refractivity (Wildman–Crippen MR) is 76.3 cm³/mol. The standard InChI is InChI=1S/C16H13FN2O2/c1-9-5-11(8-12(17)6-9)15-18-16(21-19-15)14-4-3-13(20)7-10(14)2/h3-8,20H,1-2H3. The van der Waals surface area contributed by atoms with E-state index in [1.807, 2.05) is 6.92 Å². The van der Waals surface area contributed by atoms with Crippen LogP contribution in [-0.2, 0) is 0 Å². The van der Waals surface area contributed by atoms with Gasteiger partial charge in [-0.2, -0.15) is 4.98 Å². The van der Waals surface area contributed by atoms with E-state index in [9.17, 15) is 9.50 Å². The fourth-order valence-corrected chi connectivity index (χ4v) is 2.20. The average Bonchev–Trinajstić information content (AvgIpc) is 2.87. The van der Waals surface area contributed by atoms with Gasteiger partial charge < -0.3 is 9.63 Å². The van der Waals surface area contributed by atoms with Gasteiger partial charge in [0.25, 0.3) is 5.89 Å². The maximum absolute atomic E-state index is 13.4. The minimum atomic E-state index is -0.336. The molecule has 0 saturated carbocycles. The van der Waals surface area contributed by atoms with Gasteiger partial charge in [0.05, 0.1) is 0 Å². The van der Waals surface area contributed by atoms with Crippen LogP contribution >= 0.6 is 0 Å². The highest BCUT2D eigenvalue weighted by Crippen LogP contribution is 2.27. The van der Waals surface area contributed by atoms with Crippen LogP contribution < -0.4 is 0 Å². The molecule has 0 aliphatic rings. The van der Waals surface area contributed by atoms with Crippen LogP contribution in [0.2, 0.25) is 0 Å². The number of rotatable bonds is 2. The Kier molecular flexibility index (Phi) is 3.17. The number of phenols is 1.